The maximum atomic E-state index is 12.0. The summed E-state index contributed by atoms with van der Waals surface area (Å²) in [5.74, 6) is -0.156. The zero-order valence-corrected chi connectivity index (χ0v) is 15.8. The minimum absolute atomic E-state index is 0.111. The van der Waals surface area contributed by atoms with Gasteiger partial charge in [-0.2, -0.15) is 0 Å². The lowest BCUT2D eigenvalue weighted by atomic mass is 9.53. The number of halogens is 1. The molecule has 0 unspecified atom stereocenters. The molecule has 2 atom stereocenters. The summed E-state index contributed by atoms with van der Waals surface area (Å²) >= 11 is 6.37. The molecule has 1 saturated carbocycles. The summed E-state index contributed by atoms with van der Waals surface area (Å²) < 4.78 is 6.11. The van der Waals surface area contributed by atoms with Gasteiger partial charge in [0.2, 0.25) is 0 Å². The summed E-state index contributed by atoms with van der Waals surface area (Å²) in [4.78, 5) is 14.2. The van der Waals surface area contributed by atoms with E-state index in [-0.39, 0.29) is 17.0 Å². The first-order valence-corrected chi connectivity index (χ1v) is 9.40. The molecule has 0 radical (unpaired) electrons. The van der Waals surface area contributed by atoms with Crippen molar-refractivity contribution in [1.82, 2.24) is 4.90 Å². The number of esters is 1. The summed E-state index contributed by atoms with van der Waals surface area (Å²) in [6, 6.07) is 6.29. The molecule has 2 aliphatic rings. The average molecular weight is 350 g/mol. The van der Waals surface area contributed by atoms with Crippen LogP contribution in [0.3, 0.4) is 0 Å². The van der Waals surface area contributed by atoms with Crippen LogP contribution in [0, 0.1) is 0 Å². The van der Waals surface area contributed by atoms with Gasteiger partial charge < -0.3 is 9.64 Å². The standard InChI is InChI=1S/C20H28ClNO2/c1-15(23)24-20-10-5-4-9-19(20,12-13-22(2)3)18-14-17(21)7-6-16(18)8-11-20/h6-7,14H,4-5,8-13H2,1-3H3/t19-,20+/m1/s1. The fraction of sp³-hybridized carbons (Fsp3) is 0.650. The Labute approximate surface area is 150 Å². The first-order chi connectivity index (χ1) is 11.4. The van der Waals surface area contributed by atoms with Crippen molar-refractivity contribution in [2.75, 3.05) is 20.6 Å². The van der Waals surface area contributed by atoms with Crippen LogP contribution in [0.2, 0.25) is 5.02 Å². The Morgan fingerprint density at radius 1 is 1.25 bits per heavy atom. The SMILES string of the molecule is CC(=O)O[C@]12CCCC[C@@]1(CCN(C)C)c1cc(Cl)ccc1CC2. The van der Waals surface area contributed by atoms with Gasteiger partial charge in [-0.15, -0.1) is 0 Å². The average Bonchev–Trinajstić information content (AvgIpc) is 2.52. The Morgan fingerprint density at radius 3 is 2.71 bits per heavy atom. The molecule has 0 spiro atoms. The number of carbonyl (C=O) groups excluding carboxylic acids is 1. The number of fused-ring (bicyclic) bond motifs is 3. The van der Waals surface area contributed by atoms with E-state index >= 15 is 0 Å². The van der Waals surface area contributed by atoms with Crippen molar-refractivity contribution in [3.8, 4) is 0 Å². The topological polar surface area (TPSA) is 29.5 Å². The van der Waals surface area contributed by atoms with Gasteiger partial charge in [-0.05, 0) is 82.4 Å². The number of hydrogen-bond acceptors (Lipinski definition) is 3. The van der Waals surface area contributed by atoms with E-state index in [1.807, 2.05) is 6.07 Å². The summed E-state index contributed by atoms with van der Waals surface area (Å²) in [6.45, 7) is 2.53. The fourth-order valence-electron chi connectivity index (χ4n) is 4.97. The molecule has 4 heteroatoms. The van der Waals surface area contributed by atoms with Crippen molar-refractivity contribution in [3.05, 3.63) is 34.3 Å². The monoisotopic (exact) mass is 349 g/mol. The van der Waals surface area contributed by atoms with Gasteiger partial charge in [0.05, 0.1) is 0 Å². The van der Waals surface area contributed by atoms with Crippen LogP contribution in [-0.4, -0.2) is 37.1 Å². The third-order valence-corrected chi connectivity index (χ3v) is 6.25. The van der Waals surface area contributed by atoms with E-state index in [4.69, 9.17) is 16.3 Å². The molecule has 0 aliphatic heterocycles. The fourth-order valence-corrected chi connectivity index (χ4v) is 5.15. The number of aryl methyl sites for hydroxylation is 1. The highest BCUT2D eigenvalue weighted by Crippen LogP contribution is 2.57. The van der Waals surface area contributed by atoms with E-state index in [0.717, 1.165) is 50.1 Å². The molecular formula is C20H28ClNO2. The number of hydrogen-bond donors (Lipinski definition) is 0. The van der Waals surface area contributed by atoms with Crippen LogP contribution in [-0.2, 0) is 21.4 Å². The molecule has 1 aromatic rings. The molecule has 1 fully saturated rings. The Bertz CT molecular complexity index is 630. The molecule has 1 aromatic carbocycles. The van der Waals surface area contributed by atoms with Crippen LogP contribution in [0.5, 0.6) is 0 Å². The zero-order valence-electron chi connectivity index (χ0n) is 15.0. The van der Waals surface area contributed by atoms with Crippen molar-refractivity contribution < 1.29 is 9.53 Å². The van der Waals surface area contributed by atoms with Crippen molar-refractivity contribution in [2.24, 2.45) is 0 Å². The molecule has 0 saturated heterocycles. The van der Waals surface area contributed by atoms with E-state index in [2.05, 4.69) is 31.1 Å². The molecule has 24 heavy (non-hydrogen) atoms. The predicted octanol–water partition coefficient (Wildman–Crippen LogP) is 4.35. The summed E-state index contributed by atoms with van der Waals surface area (Å²) in [6.07, 6.45) is 7.24. The molecule has 3 nitrogen and oxygen atoms in total. The van der Waals surface area contributed by atoms with Crippen LogP contribution in [0.4, 0.5) is 0 Å². The quantitative estimate of drug-likeness (QED) is 0.757. The van der Waals surface area contributed by atoms with Crippen molar-refractivity contribution in [3.63, 3.8) is 0 Å². The van der Waals surface area contributed by atoms with Gasteiger partial charge in [0.25, 0.3) is 0 Å². The van der Waals surface area contributed by atoms with Gasteiger partial charge >= 0.3 is 5.97 Å². The van der Waals surface area contributed by atoms with Gasteiger partial charge in [0.1, 0.15) is 5.60 Å². The Hall–Kier alpha value is -1.06. The molecule has 3 rings (SSSR count). The van der Waals surface area contributed by atoms with Crippen LogP contribution in [0.15, 0.2) is 18.2 Å². The third-order valence-electron chi connectivity index (χ3n) is 6.02. The Balaban J connectivity index is 2.14. The van der Waals surface area contributed by atoms with Crippen molar-refractivity contribution >= 4 is 17.6 Å². The molecule has 2 aliphatic carbocycles. The van der Waals surface area contributed by atoms with E-state index in [9.17, 15) is 4.79 Å². The highest BCUT2D eigenvalue weighted by molar-refractivity contribution is 6.30. The molecule has 0 amide bonds. The minimum atomic E-state index is -0.370. The second-order valence-corrected chi connectivity index (χ2v) is 8.17. The summed E-state index contributed by atoms with van der Waals surface area (Å²) in [7, 11) is 4.21. The Kier molecular flexibility index (Phi) is 4.94. The van der Waals surface area contributed by atoms with Crippen LogP contribution >= 0.6 is 11.6 Å². The normalized spacial score (nSPS) is 29.0. The van der Waals surface area contributed by atoms with Crippen molar-refractivity contribution in [1.29, 1.82) is 0 Å². The first-order valence-electron chi connectivity index (χ1n) is 9.02. The van der Waals surface area contributed by atoms with Crippen LogP contribution in [0.25, 0.3) is 0 Å². The van der Waals surface area contributed by atoms with E-state index in [0.29, 0.717) is 0 Å². The van der Waals surface area contributed by atoms with Gasteiger partial charge in [-0.25, -0.2) is 0 Å². The molecule has 132 valence electrons. The van der Waals surface area contributed by atoms with E-state index in [1.165, 1.54) is 17.5 Å². The second-order valence-electron chi connectivity index (χ2n) is 7.73. The number of carbonyl (C=O) groups is 1. The second kappa shape index (κ2) is 6.68. The smallest absolute Gasteiger partial charge is 0.303 e. The van der Waals surface area contributed by atoms with Gasteiger partial charge in [0, 0.05) is 17.4 Å². The predicted molar refractivity (Wildman–Crippen MR) is 97.6 cm³/mol. The highest BCUT2D eigenvalue weighted by Gasteiger charge is 2.58. The molecule has 0 N–H and O–H groups in total. The van der Waals surface area contributed by atoms with Crippen LogP contribution in [0.1, 0.15) is 56.6 Å². The number of rotatable bonds is 4. The molecular weight excluding hydrogens is 322 g/mol. The maximum absolute atomic E-state index is 12.0. The molecule has 0 aromatic heterocycles. The Morgan fingerprint density at radius 2 is 2.00 bits per heavy atom. The summed E-state index contributed by atoms with van der Waals surface area (Å²) in [5.41, 5.74) is 2.22. The van der Waals surface area contributed by atoms with Crippen LogP contribution < -0.4 is 0 Å². The number of ether oxygens (including phenoxy) is 1. The molecule has 0 heterocycles. The van der Waals surface area contributed by atoms with Crippen molar-refractivity contribution in [2.45, 2.75) is 62.9 Å². The zero-order chi connectivity index (χ0) is 17.4. The lowest BCUT2D eigenvalue weighted by molar-refractivity contribution is -0.176. The first kappa shape index (κ1) is 17.8. The van der Waals surface area contributed by atoms with E-state index in [1.54, 1.807) is 6.92 Å². The third kappa shape index (κ3) is 2.97. The highest BCUT2D eigenvalue weighted by atomic mass is 35.5. The lowest BCUT2D eigenvalue weighted by Gasteiger charge is -2.56. The van der Waals surface area contributed by atoms with Gasteiger partial charge in [-0.1, -0.05) is 24.1 Å². The summed E-state index contributed by atoms with van der Waals surface area (Å²) in [5, 5.41) is 0.780. The van der Waals surface area contributed by atoms with Gasteiger partial charge in [-0.3, -0.25) is 4.79 Å². The number of benzene rings is 1. The lowest BCUT2D eigenvalue weighted by Crippen LogP contribution is -2.59. The van der Waals surface area contributed by atoms with E-state index < -0.39 is 0 Å². The molecule has 0 bridgehead atoms. The van der Waals surface area contributed by atoms with Gasteiger partial charge in [0.15, 0.2) is 0 Å². The maximum Gasteiger partial charge on any atom is 0.303 e. The minimum Gasteiger partial charge on any atom is -0.458 e. The number of nitrogens with zero attached hydrogens (tertiary/aromatic N) is 1. The largest absolute Gasteiger partial charge is 0.458 e.